The van der Waals surface area contributed by atoms with E-state index in [1.807, 2.05) is 24.5 Å². The van der Waals surface area contributed by atoms with Gasteiger partial charge in [0.15, 0.2) is 0 Å². The molecule has 5 aliphatic rings. The quantitative estimate of drug-likeness (QED) is 0.282. The van der Waals surface area contributed by atoms with Crippen LogP contribution in [0.1, 0.15) is 30.4 Å². The van der Waals surface area contributed by atoms with Crippen molar-refractivity contribution >= 4 is 11.2 Å². The van der Waals surface area contributed by atoms with Gasteiger partial charge in [-0.2, -0.15) is 10.4 Å². The lowest BCUT2D eigenvalue weighted by Crippen LogP contribution is -2.68. The second kappa shape index (κ2) is 11.1. The Kier molecular flexibility index (Phi) is 6.89. The number of anilines is 1. The molecule has 5 saturated heterocycles. The van der Waals surface area contributed by atoms with E-state index in [0.717, 1.165) is 61.5 Å². The van der Waals surface area contributed by atoms with Gasteiger partial charge >= 0.3 is 0 Å². The molecule has 0 radical (unpaired) electrons. The molecule has 3 atom stereocenters. The first-order valence-corrected chi connectivity index (χ1v) is 15.5. The highest BCUT2D eigenvalue weighted by molar-refractivity contribution is 5.85. The molecule has 10 heteroatoms. The topological polar surface area (TPSA) is 97.4 Å². The number of nitrogens with zero attached hydrogens (tertiary/aromatic N) is 6. The summed E-state index contributed by atoms with van der Waals surface area (Å²) in [7, 11) is 1.64. The average Bonchev–Trinajstić information content (AvgIpc) is 3.69. The zero-order valence-electron chi connectivity index (χ0n) is 24.9. The van der Waals surface area contributed by atoms with E-state index in [0.29, 0.717) is 49.3 Å². The van der Waals surface area contributed by atoms with Crippen molar-refractivity contribution in [1.29, 1.82) is 5.26 Å². The van der Waals surface area contributed by atoms with Crippen LogP contribution in [0.25, 0.3) is 16.6 Å². The summed E-state index contributed by atoms with van der Waals surface area (Å²) in [6.07, 6.45) is 8.62. The van der Waals surface area contributed by atoms with Gasteiger partial charge in [0.2, 0.25) is 5.88 Å². The molecule has 44 heavy (non-hydrogen) atoms. The van der Waals surface area contributed by atoms with Gasteiger partial charge in [0.25, 0.3) is 0 Å². The van der Waals surface area contributed by atoms with Crippen LogP contribution in [0, 0.1) is 17.2 Å². The molecule has 1 spiro atoms. The summed E-state index contributed by atoms with van der Waals surface area (Å²) in [6, 6.07) is 18.2. The second-order valence-electron chi connectivity index (χ2n) is 12.6. The highest BCUT2D eigenvalue weighted by Gasteiger charge is 2.46. The van der Waals surface area contributed by atoms with E-state index in [1.165, 1.54) is 17.7 Å². The maximum absolute atomic E-state index is 9.80. The van der Waals surface area contributed by atoms with Gasteiger partial charge < -0.3 is 23.8 Å². The summed E-state index contributed by atoms with van der Waals surface area (Å²) in [4.78, 5) is 9.46. The molecular weight excluding hydrogens is 556 g/mol. The van der Waals surface area contributed by atoms with Crippen LogP contribution in [0.15, 0.2) is 61.1 Å². The lowest BCUT2D eigenvalue weighted by Gasteiger charge is -2.57. The third-order valence-corrected chi connectivity index (χ3v) is 9.78. The molecule has 0 amide bonds. The minimum Gasteiger partial charge on any atom is -0.492 e. The van der Waals surface area contributed by atoms with Crippen molar-refractivity contribution in [3.05, 3.63) is 72.2 Å². The molecule has 4 aromatic rings. The maximum atomic E-state index is 9.80. The number of rotatable bonds is 9. The summed E-state index contributed by atoms with van der Waals surface area (Å²) >= 11 is 0. The normalized spacial score (nSPS) is 23.7. The summed E-state index contributed by atoms with van der Waals surface area (Å²) in [6.45, 7) is 5.73. The van der Waals surface area contributed by atoms with Gasteiger partial charge in [-0.15, -0.1) is 0 Å². The number of hydrogen-bond acceptors (Lipinski definition) is 9. The Morgan fingerprint density at radius 3 is 2.61 bits per heavy atom. The number of aromatic nitrogens is 3. The molecule has 5 fully saturated rings. The van der Waals surface area contributed by atoms with Gasteiger partial charge in [0, 0.05) is 55.2 Å². The zero-order chi connectivity index (χ0) is 29.7. The van der Waals surface area contributed by atoms with Crippen LogP contribution in [0.2, 0.25) is 0 Å². The number of nitriles is 1. The Balaban J connectivity index is 0.950. The Labute approximate surface area is 256 Å². The molecule has 1 aromatic carbocycles. The first kappa shape index (κ1) is 27.4. The Morgan fingerprint density at radius 2 is 1.93 bits per heavy atom. The van der Waals surface area contributed by atoms with Crippen molar-refractivity contribution in [3.63, 3.8) is 0 Å². The summed E-state index contributed by atoms with van der Waals surface area (Å²) in [5.41, 5.74) is 5.72. The number of piperidine rings is 1. The molecule has 0 saturated carbocycles. The van der Waals surface area contributed by atoms with Gasteiger partial charge in [-0.3, -0.25) is 4.90 Å². The number of methoxy groups -OCH3 is 1. The summed E-state index contributed by atoms with van der Waals surface area (Å²) < 4.78 is 24.6. The summed E-state index contributed by atoms with van der Waals surface area (Å²) in [5.74, 6) is 1.88. The second-order valence-corrected chi connectivity index (χ2v) is 12.6. The molecule has 3 unspecified atom stereocenters. The van der Waals surface area contributed by atoms with Crippen LogP contribution in [-0.4, -0.2) is 83.8 Å². The summed E-state index contributed by atoms with van der Waals surface area (Å²) in [5, 5.41) is 14.3. The maximum Gasteiger partial charge on any atom is 0.212 e. The average molecular weight is 593 g/mol. The van der Waals surface area contributed by atoms with E-state index >= 15 is 0 Å². The minimum absolute atomic E-state index is 0.0470. The van der Waals surface area contributed by atoms with Gasteiger partial charge in [0.05, 0.1) is 57.0 Å². The van der Waals surface area contributed by atoms with Gasteiger partial charge in [-0.25, -0.2) is 9.50 Å². The third kappa shape index (κ3) is 4.95. The third-order valence-electron chi connectivity index (χ3n) is 9.78. The lowest BCUT2D eigenvalue weighted by molar-refractivity contribution is -0.184. The fourth-order valence-electron chi connectivity index (χ4n) is 7.32. The van der Waals surface area contributed by atoms with Crippen molar-refractivity contribution in [2.45, 2.75) is 43.5 Å². The van der Waals surface area contributed by atoms with Gasteiger partial charge in [-0.05, 0) is 54.5 Å². The van der Waals surface area contributed by atoms with Crippen LogP contribution < -0.4 is 14.4 Å². The number of hydrogen-bond donors (Lipinski definition) is 0. The van der Waals surface area contributed by atoms with E-state index in [2.05, 4.69) is 56.3 Å². The van der Waals surface area contributed by atoms with E-state index in [1.54, 1.807) is 17.8 Å². The van der Waals surface area contributed by atoms with Crippen molar-refractivity contribution in [2.75, 3.05) is 51.5 Å². The monoisotopic (exact) mass is 592 g/mol. The van der Waals surface area contributed by atoms with E-state index in [4.69, 9.17) is 18.9 Å². The van der Waals surface area contributed by atoms with Crippen molar-refractivity contribution < 1.29 is 18.9 Å². The minimum atomic E-state index is -0.0470. The fraction of sp³-hybridized carbons (Fsp3) is 0.441. The Hall–Kier alpha value is -4.17. The molecular formula is C34H36N6O4. The van der Waals surface area contributed by atoms with E-state index in [9.17, 15) is 5.26 Å². The molecule has 9 rings (SSSR count). The zero-order valence-corrected chi connectivity index (χ0v) is 24.9. The van der Waals surface area contributed by atoms with Crippen LogP contribution in [0.5, 0.6) is 11.6 Å². The molecule has 226 valence electrons. The number of pyridine rings is 2. The molecule has 0 N–H and O–H groups in total. The van der Waals surface area contributed by atoms with Crippen LogP contribution in [-0.2, 0) is 16.0 Å². The first-order chi connectivity index (χ1) is 21.6. The fourth-order valence-corrected chi connectivity index (χ4v) is 7.32. The molecule has 2 bridgehead atoms. The lowest BCUT2D eigenvalue weighted by atomic mass is 9.86. The SMILES string of the molecule is COc1ccc(CN2C3CC2CN(c2ccc(-c4cc(OCCC5COC6(COC6)C5)cn5ncc(C#N)c45)cc2)C3)cn1. The van der Waals surface area contributed by atoms with Crippen LogP contribution >= 0.6 is 0 Å². The number of benzene rings is 1. The molecule has 10 nitrogen and oxygen atoms in total. The first-order valence-electron chi connectivity index (χ1n) is 15.5. The smallest absolute Gasteiger partial charge is 0.212 e. The van der Waals surface area contributed by atoms with E-state index < -0.39 is 0 Å². The molecule has 0 aliphatic carbocycles. The Bertz CT molecular complexity index is 1680. The molecule has 3 aromatic heterocycles. The van der Waals surface area contributed by atoms with Crippen molar-refractivity contribution in [3.8, 4) is 28.8 Å². The molecule has 8 heterocycles. The highest BCUT2D eigenvalue weighted by atomic mass is 16.6. The largest absolute Gasteiger partial charge is 0.492 e. The number of fused-ring (bicyclic) bond motifs is 3. The Morgan fingerprint density at radius 1 is 1.09 bits per heavy atom. The highest BCUT2D eigenvalue weighted by Crippen LogP contribution is 2.39. The standard InChI is InChI=1S/C34H36N6O4/c1-41-32-7-2-24(14-36-32)16-39-28-10-29(39)18-38(17-28)27-5-3-25(4-6-27)31-11-30(19-40-33(31)26(13-35)15-37-40)43-9-8-23-12-34(44-20-23)21-42-22-34/h2-7,11,14-15,19,23,28-29H,8-10,12,16-18,20-22H2,1H3. The van der Waals surface area contributed by atoms with Crippen LogP contribution in [0.4, 0.5) is 5.69 Å². The van der Waals surface area contributed by atoms with Gasteiger partial charge in [0.1, 0.15) is 17.4 Å². The number of piperazine rings is 1. The van der Waals surface area contributed by atoms with Crippen molar-refractivity contribution in [2.24, 2.45) is 5.92 Å². The van der Waals surface area contributed by atoms with Crippen LogP contribution in [0.3, 0.4) is 0 Å². The number of ether oxygens (including phenoxy) is 4. The molecule has 5 aliphatic heterocycles. The predicted octanol–water partition coefficient (Wildman–Crippen LogP) is 4.31. The van der Waals surface area contributed by atoms with Gasteiger partial charge in [-0.1, -0.05) is 18.2 Å². The van der Waals surface area contributed by atoms with Crippen molar-refractivity contribution in [1.82, 2.24) is 19.5 Å². The van der Waals surface area contributed by atoms with E-state index in [-0.39, 0.29) is 5.60 Å². The predicted molar refractivity (Wildman–Crippen MR) is 164 cm³/mol.